The van der Waals surface area contributed by atoms with Crippen molar-refractivity contribution < 1.29 is 4.79 Å². The summed E-state index contributed by atoms with van der Waals surface area (Å²) in [5.41, 5.74) is 0. The summed E-state index contributed by atoms with van der Waals surface area (Å²) in [7, 11) is 0. The Balaban J connectivity index is 1.70. The van der Waals surface area contributed by atoms with Gasteiger partial charge in [0.2, 0.25) is 5.91 Å². The predicted molar refractivity (Wildman–Crippen MR) is 75.6 cm³/mol. The van der Waals surface area contributed by atoms with Gasteiger partial charge >= 0.3 is 0 Å². The lowest BCUT2D eigenvalue weighted by Crippen LogP contribution is -2.46. The van der Waals surface area contributed by atoms with E-state index in [9.17, 15) is 4.79 Å². The van der Waals surface area contributed by atoms with Crippen LogP contribution in [0.2, 0.25) is 0 Å². The molecule has 4 heteroatoms. The molecule has 1 heterocycles. The smallest absolute Gasteiger partial charge is 0.237 e. The molecule has 1 saturated carbocycles. The van der Waals surface area contributed by atoms with Crippen LogP contribution in [0.5, 0.6) is 0 Å². The van der Waals surface area contributed by atoms with Crippen molar-refractivity contribution in [2.75, 3.05) is 0 Å². The molecule has 1 aliphatic carbocycles. The third kappa shape index (κ3) is 4.10. The molecule has 0 bridgehead atoms. The second-order valence-electron chi connectivity index (χ2n) is 5.03. The number of carbonyl (C=O) groups is 1. The van der Waals surface area contributed by atoms with Gasteiger partial charge in [-0.1, -0.05) is 25.3 Å². The lowest BCUT2D eigenvalue weighted by Gasteiger charge is -2.24. The van der Waals surface area contributed by atoms with E-state index in [1.807, 2.05) is 13.0 Å². The minimum absolute atomic E-state index is 0.117. The van der Waals surface area contributed by atoms with Crippen LogP contribution in [0, 0.1) is 0 Å². The Kier molecular flexibility index (Phi) is 5.20. The molecule has 2 N–H and O–H groups in total. The Labute approximate surface area is 113 Å². The molecule has 1 atom stereocenters. The van der Waals surface area contributed by atoms with Crippen molar-refractivity contribution in [3.63, 3.8) is 0 Å². The fourth-order valence-corrected chi connectivity index (χ4v) is 2.99. The highest BCUT2D eigenvalue weighted by Crippen LogP contribution is 2.17. The van der Waals surface area contributed by atoms with E-state index in [1.165, 1.54) is 24.1 Å². The summed E-state index contributed by atoms with van der Waals surface area (Å²) in [6.45, 7) is 2.71. The highest BCUT2D eigenvalue weighted by molar-refractivity contribution is 7.09. The van der Waals surface area contributed by atoms with Crippen LogP contribution >= 0.6 is 11.3 Å². The number of amides is 1. The van der Waals surface area contributed by atoms with Crippen LogP contribution < -0.4 is 10.6 Å². The van der Waals surface area contributed by atoms with Crippen LogP contribution in [0.4, 0.5) is 0 Å². The van der Waals surface area contributed by atoms with Crippen LogP contribution in [-0.2, 0) is 11.3 Å². The summed E-state index contributed by atoms with van der Waals surface area (Å²) >= 11 is 1.72. The van der Waals surface area contributed by atoms with Gasteiger partial charge in [-0.15, -0.1) is 11.3 Å². The van der Waals surface area contributed by atoms with Gasteiger partial charge in [0.25, 0.3) is 0 Å². The zero-order valence-electron chi connectivity index (χ0n) is 10.9. The maximum atomic E-state index is 12.0. The summed E-state index contributed by atoms with van der Waals surface area (Å²) in [4.78, 5) is 13.3. The second kappa shape index (κ2) is 6.90. The molecule has 18 heavy (non-hydrogen) atoms. The van der Waals surface area contributed by atoms with Crippen LogP contribution in [0.25, 0.3) is 0 Å². The Hall–Kier alpha value is -0.870. The maximum absolute atomic E-state index is 12.0. The zero-order valence-corrected chi connectivity index (χ0v) is 11.8. The highest BCUT2D eigenvalue weighted by atomic mass is 32.1. The van der Waals surface area contributed by atoms with Crippen LogP contribution in [0.15, 0.2) is 17.5 Å². The number of hydrogen-bond acceptors (Lipinski definition) is 3. The first-order chi connectivity index (χ1) is 8.75. The molecular formula is C14H22N2OS. The van der Waals surface area contributed by atoms with Crippen molar-refractivity contribution in [1.82, 2.24) is 10.6 Å². The van der Waals surface area contributed by atoms with Crippen molar-refractivity contribution in [2.45, 2.75) is 57.7 Å². The van der Waals surface area contributed by atoms with Gasteiger partial charge in [-0.2, -0.15) is 0 Å². The van der Waals surface area contributed by atoms with E-state index in [1.54, 1.807) is 11.3 Å². The molecule has 0 aromatic carbocycles. The van der Waals surface area contributed by atoms with Gasteiger partial charge in [0, 0.05) is 17.5 Å². The Morgan fingerprint density at radius 1 is 1.44 bits per heavy atom. The molecule has 3 nitrogen and oxygen atoms in total. The average Bonchev–Trinajstić information content (AvgIpc) is 2.90. The molecule has 2 rings (SSSR count). The van der Waals surface area contributed by atoms with Gasteiger partial charge in [-0.05, 0) is 31.2 Å². The van der Waals surface area contributed by atoms with E-state index in [2.05, 4.69) is 22.1 Å². The number of rotatable bonds is 5. The van der Waals surface area contributed by atoms with Gasteiger partial charge in [0.1, 0.15) is 0 Å². The maximum Gasteiger partial charge on any atom is 0.237 e. The van der Waals surface area contributed by atoms with Gasteiger partial charge in [-0.3, -0.25) is 4.79 Å². The normalized spacial score (nSPS) is 18.5. The van der Waals surface area contributed by atoms with Crippen molar-refractivity contribution in [3.05, 3.63) is 22.4 Å². The lowest BCUT2D eigenvalue weighted by atomic mass is 9.95. The quantitative estimate of drug-likeness (QED) is 0.860. The van der Waals surface area contributed by atoms with Crippen LogP contribution in [0.3, 0.4) is 0 Å². The van der Waals surface area contributed by atoms with Crippen molar-refractivity contribution in [2.24, 2.45) is 0 Å². The molecular weight excluding hydrogens is 244 g/mol. The number of thiophene rings is 1. The molecule has 1 aromatic rings. The first-order valence-corrected chi connectivity index (χ1v) is 7.70. The topological polar surface area (TPSA) is 41.1 Å². The van der Waals surface area contributed by atoms with Gasteiger partial charge < -0.3 is 10.6 Å². The van der Waals surface area contributed by atoms with Gasteiger partial charge in [0.15, 0.2) is 0 Å². The highest BCUT2D eigenvalue weighted by Gasteiger charge is 2.19. The summed E-state index contributed by atoms with van der Waals surface area (Å²) < 4.78 is 0. The predicted octanol–water partition coefficient (Wildman–Crippen LogP) is 2.68. The standard InChI is InChI=1S/C14H22N2OS/c1-11(15-10-13-8-5-9-18-13)14(17)16-12-6-3-2-4-7-12/h5,8-9,11-12,15H,2-4,6-7,10H2,1H3,(H,16,17)/t11-/m0/s1. The van der Waals surface area contributed by atoms with Crippen LogP contribution in [0.1, 0.15) is 43.9 Å². The van der Waals surface area contributed by atoms with Gasteiger partial charge in [-0.25, -0.2) is 0 Å². The van der Waals surface area contributed by atoms with E-state index < -0.39 is 0 Å². The molecule has 1 aromatic heterocycles. The SMILES string of the molecule is C[C@H](NCc1cccs1)C(=O)NC1CCCCC1. The first-order valence-electron chi connectivity index (χ1n) is 6.82. The van der Waals surface area contributed by atoms with E-state index in [0.29, 0.717) is 6.04 Å². The van der Waals surface area contributed by atoms with E-state index in [-0.39, 0.29) is 11.9 Å². The Morgan fingerprint density at radius 3 is 2.89 bits per heavy atom. The van der Waals surface area contributed by atoms with Crippen molar-refractivity contribution in [3.8, 4) is 0 Å². The van der Waals surface area contributed by atoms with E-state index in [4.69, 9.17) is 0 Å². The van der Waals surface area contributed by atoms with Crippen LogP contribution in [-0.4, -0.2) is 18.0 Å². The third-order valence-corrected chi connectivity index (χ3v) is 4.38. The largest absolute Gasteiger partial charge is 0.352 e. The molecule has 0 spiro atoms. The molecule has 0 aliphatic heterocycles. The monoisotopic (exact) mass is 266 g/mol. The molecule has 1 aliphatic rings. The average molecular weight is 266 g/mol. The summed E-state index contributed by atoms with van der Waals surface area (Å²) in [5, 5.41) is 8.48. The third-order valence-electron chi connectivity index (χ3n) is 3.51. The molecule has 1 amide bonds. The van der Waals surface area contributed by atoms with Gasteiger partial charge in [0.05, 0.1) is 6.04 Å². The Bertz CT molecular complexity index is 358. The molecule has 0 radical (unpaired) electrons. The minimum Gasteiger partial charge on any atom is -0.352 e. The summed E-state index contributed by atoms with van der Waals surface area (Å²) in [6.07, 6.45) is 6.11. The summed E-state index contributed by atoms with van der Waals surface area (Å²) in [5.74, 6) is 0.137. The second-order valence-corrected chi connectivity index (χ2v) is 6.06. The van der Waals surface area contributed by atoms with Crippen molar-refractivity contribution in [1.29, 1.82) is 0 Å². The lowest BCUT2D eigenvalue weighted by molar-refractivity contribution is -0.123. The first kappa shape index (κ1) is 13.6. The zero-order chi connectivity index (χ0) is 12.8. The number of hydrogen-bond donors (Lipinski definition) is 2. The molecule has 100 valence electrons. The summed E-state index contributed by atoms with van der Waals surface area (Å²) in [6, 6.07) is 4.41. The molecule has 1 fully saturated rings. The number of carbonyl (C=O) groups excluding carboxylic acids is 1. The van der Waals surface area contributed by atoms with Crippen molar-refractivity contribution >= 4 is 17.2 Å². The number of nitrogens with one attached hydrogen (secondary N) is 2. The minimum atomic E-state index is -0.117. The fraction of sp³-hybridized carbons (Fsp3) is 0.643. The molecule has 0 saturated heterocycles. The van der Waals surface area contributed by atoms with E-state index >= 15 is 0 Å². The Morgan fingerprint density at radius 2 is 2.22 bits per heavy atom. The fourth-order valence-electron chi connectivity index (χ4n) is 2.33. The van der Waals surface area contributed by atoms with E-state index in [0.717, 1.165) is 19.4 Å². The molecule has 0 unspecified atom stereocenters.